The lowest BCUT2D eigenvalue weighted by Gasteiger charge is -2.03. The molecule has 0 unspecified atom stereocenters. The fourth-order valence-electron chi connectivity index (χ4n) is 0.744. The quantitative estimate of drug-likeness (QED) is 0.818. The molecule has 1 rings (SSSR count). The second-order valence-electron chi connectivity index (χ2n) is 1.96. The van der Waals surface area contributed by atoms with Crippen LogP contribution in [0.4, 0.5) is 0 Å². The molecule has 0 aliphatic carbocycles. The minimum atomic E-state index is -0.0521. The van der Waals surface area contributed by atoms with Crippen LogP contribution >= 0.6 is 28.3 Å². The van der Waals surface area contributed by atoms with Crippen molar-refractivity contribution in [3.8, 4) is 5.88 Å². The minimum Gasteiger partial charge on any atom is -0.481 e. The smallest absolute Gasteiger partial charge is 0.219 e. The van der Waals surface area contributed by atoms with Crippen molar-refractivity contribution in [2.24, 2.45) is 0 Å². The topological polar surface area (TPSA) is 42.4 Å². The number of aliphatic hydroxyl groups excluding tert-OH is 1. The summed E-state index contributed by atoms with van der Waals surface area (Å²) in [5.74, 6) is 0.460. The second kappa shape index (κ2) is 5.35. The highest BCUT2D eigenvalue weighted by Gasteiger charge is 2.02. The Hall–Kier alpha value is -0.320. The number of rotatable bonds is 2. The van der Waals surface area contributed by atoms with Crippen molar-refractivity contribution in [1.82, 2.24) is 4.98 Å². The van der Waals surface area contributed by atoms with E-state index < -0.39 is 0 Å². The summed E-state index contributed by atoms with van der Waals surface area (Å²) < 4.78 is 5.62. The zero-order chi connectivity index (χ0) is 8.27. The van der Waals surface area contributed by atoms with Gasteiger partial charge in [0.15, 0.2) is 0 Å². The molecule has 0 bridgehead atoms. The van der Waals surface area contributed by atoms with E-state index in [9.17, 15) is 0 Å². The molecule has 1 aromatic heterocycles. The zero-order valence-electron chi connectivity index (χ0n) is 6.45. The van der Waals surface area contributed by atoms with E-state index in [-0.39, 0.29) is 19.0 Å². The van der Waals surface area contributed by atoms with Crippen LogP contribution in [0.1, 0.15) is 5.56 Å². The number of aliphatic hydroxyl groups is 1. The van der Waals surface area contributed by atoms with Crippen LogP contribution in [0, 0.1) is 0 Å². The minimum absolute atomic E-state index is 0. The summed E-state index contributed by atoms with van der Waals surface area (Å²) >= 11 is 3.19. The highest BCUT2D eigenvalue weighted by molar-refractivity contribution is 9.10. The lowest BCUT2D eigenvalue weighted by Crippen LogP contribution is -1.94. The molecule has 1 heterocycles. The van der Waals surface area contributed by atoms with Crippen molar-refractivity contribution in [2.45, 2.75) is 6.61 Å². The molecule has 0 aliphatic rings. The molecule has 12 heavy (non-hydrogen) atoms. The Balaban J connectivity index is 0.00000121. The Kier molecular flexibility index (Phi) is 5.20. The maximum Gasteiger partial charge on any atom is 0.219 e. The van der Waals surface area contributed by atoms with Gasteiger partial charge in [-0.25, -0.2) is 4.98 Å². The summed E-state index contributed by atoms with van der Waals surface area (Å²) in [4.78, 5) is 4.00. The average molecular weight is 255 g/mol. The van der Waals surface area contributed by atoms with Gasteiger partial charge in [-0.15, -0.1) is 12.4 Å². The van der Waals surface area contributed by atoms with Crippen LogP contribution in [0.5, 0.6) is 5.88 Å². The van der Waals surface area contributed by atoms with Gasteiger partial charge in [0.05, 0.1) is 13.7 Å². The first-order chi connectivity index (χ1) is 5.27. The summed E-state index contributed by atoms with van der Waals surface area (Å²) in [6, 6.07) is 3.52. The van der Waals surface area contributed by atoms with Crippen LogP contribution in [-0.2, 0) is 6.61 Å². The summed E-state index contributed by atoms with van der Waals surface area (Å²) in [6.07, 6.45) is 0. The third kappa shape index (κ3) is 2.62. The molecule has 0 saturated heterocycles. The van der Waals surface area contributed by atoms with Crippen molar-refractivity contribution in [3.05, 3.63) is 22.3 Å². The molecule has 68 valence electrons. The Bertz CT molecular complexity index is 257. The molecule has 0 saturated carbocycles. The fourth-order valence-corrected chi connectivity index (χ4v) is 1.04. The number of hydrogen-bond donors (Lipinski definition) is 1. The first-order valence-corrected chi connectivity index (χ1v) is 3.87. The molecule has 0 amide bonds. The molecular formula is C7H9BrClNO2. The molecule has 0 radical (unpaired) electrons. The SMILES string of the molecule is COc1nc(Br)ccc1CO.Cl. The summed E-state index contributed by atoms with van der Waals surface area (Å²) in [5.41, 5.74) is 0.690. The summed E-state index contributed by atoms with van der Waals surface area (Å²) in [7, 11) is 1.52. The number of hydrogen-bond acceptors (Lipinski definition) is 3. The Morgan fingerprint density at radius 3 is 2.75 bits per heavy atom. The number of aromatic nitrogens is 1. The Labute approximate surface area is 85.3 Å². The van der Waals surface area contributed by atoms with Gasteiger partial charge in [-0.3, -0.25) is 0 Å². The van der Waals surface area contributed by atoms with Gasteiger partial charge in [-0.05, 0) is 28.1 Å². The van der Waals surface area contributed by atoms with Crippen LogP contribution < -0.4 is 4.74 Å². The van der Waals surface area contributed by atoms with Crippen LogP contribution in [0.25, 0.3) is 0 Å². The predicted molar refractivity (Wildman–Crippen MR) is 51.7 cm³/mol. The molecule has 0 atom stereocenters. The van der Waals surface area contributed by atoms with E-state index in [1.165, 1.54) is 7.11 Å². The largest absolute Gasteiger partial charge is 0.481 e. The number of methoxy groups -OCH3 is 1. The highest BCUT2D eigenvalue weighted by atomic mass is 79.9. The third-order valence-electron chi connectivity index (χ3n) is 1.27. The van der Waals surface area contributed by atoms with Crippen molar-refractivity contribution in [1.29, 1.82) is 0 Å². The van der Waals surface area contributed by atoms with Crippen LogP contribution in [0.2, 0.25) is 0 Å². The van der Waals surface area contributed by atoms with E-state index in [0.717, 1.165) is 0 Å². The highest BCUT2D eigenvalue weighted by Crippen LogP contribution is 2.18. The van der Waals surface area contributed by atoms with Gasteiger partial charge in [0.1, 0.15) is 4.60 Å². The summed E-state index contributed by atoms with van der Waals surface area (Å²) in [6.45, 7) is -0.0521. The molecule has 3 nitrogen and oxygen atoms in total. The molecule has 0 spiro atoms. The number of pyridine rings is 1. The van der Waals surface area contributed by atoms with E-state index in [1.54, 1.807) is 12.1 Å². The van der Waals surface area contributed by atoms with Gasteiger partial charge in [-0.1, -0.05) is 0 Å². The molecule has 0 fully saturated rings. The number of halogens is 2. The van der Waals surface area contributed by atoms with Gasteiger partial charge < -0.3 is 9.84 Å². The van der Waals surface area contributed by atoms with Crippen molar-refractivity contribution in [3.63, 3.8) is 0 Å². The van der Waals surface area contributed by atoms with Gasteiger partial charge in [0, 0.05) is 5.56 Å². The van der Waals surface area contributed by atoms with Crippen molar-refractivity contribution >= 4 is 28.3 Å². The molecule has 1 aromatic rings. The lowest BCUT2D eigenvalue weighted by atomic mass is 10.3. The zero-order valence-corrected chi connectivity index (χ0v) is 8.85. The molecular weight excluding hydrogens is 245 g/mol. The van der Waals surface area contributed by atoms with Crippen molar-refractivity contribution < 1.29 is 9.84 Å². The van der Waals surface area contributed by atoms with E-state index >= 15 is 0 Å². The van der Waals surface area contributed by atoms with Gasteiger partial charge >= 0.3 is 0 Å². The van der Waals surface area contributed by atoms with Crippen molar-refractivity contribution in [2.75, 3.05) is 7.11 Å². The molecule has 0 aliphatic heterocycles. The molecule has 5 heteroatoms. The average Bonchev–Trinajstić information content (AvgIpc) is 2.04. The number of ether oxygens (including phenoxy) is 1. The standard InChI is InChI=1S/C7H8BrNO2.ClH/c1-11-7-5(4-10)2-3-6(8)9-7;/h2-3,10H,4H2,1H3;1H. The van der Waals surface area contributed by atoms with E-state index in [2.05, 4.69) is 20.9 Å². The first kappa shape index (κ1) is 11.7. The monoisotopic (exact) mass is 253 g/mol. The second-order valence-corrected chi connectivity index (χ2v) is 2.77. The first-order valence-electron chi connectivity index (χ1n) is 3.08. The molecule has 0 aromatic carbocycles. The maximum absolute atomic E-state index is 8.81. The Morgan fingerprint density at radius 2 is 2.25 bits per heavy atom. The lowest BCUT2D eigenvalue weighted by molar-refractivity contribution is 0.271. The van der Waals surface area contributed by atoms with Crippen LogP contribution in [-0.4, -0.2) is 17.2 Å². The van der Waals surface area contributed by atoms with Crippen LogP contribution in [0.15, 0.2) is 16.7 Å². The normalized spacial score (nSPS) is 8.92. The molecule has 1 N–H and O–H groups in total. The summed E-state index contributed by atoms with van der Waals surface area (Å²) in [5, 5.41) is 8.81. The number of nitrogens with zero attached hydrogens (tertiary/aromatic N) is 1. The van der Waals surface area contributed by atoms with Gasteiger partial charge in [0.2, 0.25) is 5.88 Å². The van der Waals surface area contributed by atoms with E-state index in [4.69, 9.17) is 9.84 Å². The van der Waals surface area contributed by atoms with E-state index in [0.29, 0.717) is 16.0 Å². The van der Waals surface area contributed by atoms with Crippen LogP contribution in [0.3, 0.4) is 0 Å². The van der Waals surface area contributed by atoms with E-state index in [1.807, 2.05) is 0 Å². The van der Waals surface area contributed by atoms with Gasteiger partial charge in [0.25, 0.3) is 0 Å². The van der Waals surface area contributed by atoms with Gasteiger partial charge in [-0.2, -0.15) is 0 Å². The fraction of sp³-hybridized carbons (Fsp3) is 0.286. The third-order valence-corrected chi connectivity index (χ3v) is 1.71. The predicted octanol–water partition coefficient (Wildman–Crippen LogP) is 1.77. The Morgan fingerprint density at radius 1 is 1.58 bits per heavy atom. The maximum atomic E-state index is 8.81.